The molecule has 1 aliphatic carbocycles. The van der Waals surface area contributed by atoms with Gasteiger partial charge in [-0.25, -0.2) is 0 Å². The second-order valence-corrected chi connectivity index (χ2v) is 3.50. The molecule has 1 aromatic heterocycles. The van der Waals surface area contributed by atoms with E-state index in [2.05, 4.69) is 5.10 Å². The highest BCUT2D eigenvalue weighted by Gasteiger charge is 2.23. The zero-order valence-electron chi connectivity index (χ0n) is 7.45. The van der Waals surface area contributed by atoms with E-state index in [1.54, 1.807) is 0 Å². The lowest BCUT2D eigenvalue weighted by Crippen LogP contribution is -2.13. The van der Waals surface area contributed by atoms with Crippen molar-refractivity contribution in [3.63, 3.8) is 0 Å². The van der Waals surface area contributed by atoms with Gasteiger partial charge in [0.05, 0.1) is 11.9 Å². The fourth-order valence-corrected chi connectivity index (χ4v) is 1.79. The van der Waals surface area contributed by atoms with Crippen molar-refractivity contribution in [1.29, 1.82) is 0 Å². The third kappa shape index (κ3) is 1.05. The van der Waals surface area contributed by atoms with Gasteiger partial charge in [0.25, 0.3) is 0 Å². The van der Waals surface area contributed by atoms with E-state index in [0.29, 0.717) is 6.54 Å². The molecule has 2 N–H and O–H groups in total. The SMILES string of the molecule is Cn1ncc(C2CCC2)c1CN. The predicted octanol–water partition coefficient (Wildman–Crippen LogP) is 1.15. The number of nitrogens with two attached hydrogens (primary N) is 1. The van der Waals surface area contributed by atoms with Crippen molar-refractivity contribution in [1.82, 2.24) is 9.78 Å². The third-order valence-corrected chi connectivity index (χ3v) is 2.83. The minimum absolute atomic E-state index is 0.613. The summed E-state index contributed by atoms with van der Waals surface area (Å²) in [6, 6.07) is 0. The molecule has 0 atom stereocenters. The molecule has 3 nitrogen and oxygen atoms in total. The lowest BCUT2D eigenvalue weighted by Gasteiger charge is -2.25. The minimum Gasteiger partial charge on any atom is -0.325 e. The Bertz CT molecular complexity index is 273. The summed E-state index contributed by atoms with van der Waals surface area (Å²) in [6.45, 7) is 0.613. The first-order valence-corrected chi connectivity index (χ1v) is 4.53. The van der Waals surface area contributed by atoms with Gasteiger partial charge in [-0.05, 0) is 24.3 Å². The molecule has 0 unspecified atom stereocenters. The largest absolute Gasteiger partial charge is 0.325 e. The second-order valence-electron chi connectivity index (χ2n) is 3.50. The van der Waals surface area contributed by atoms with Gasteiger partial charge in [0.1, 0.15) is 0 Å². The molecule has 66 valence electrons. The van der Waals surface area contributed by atoms with Crippen molar-refractivity contribution in [3.05, 3.63) is 17.5 Å². The number of hydrogen-bond acceptors (Lipinski definition) is 2. The highest BCUT2D eigenvalue weighted by molar-refractivity contribution is 5.24. The van der Waals surface area contributed by atoms with Crippen molar-refractivity contribution in [2.24, 2.45) is 12.8 Å². The van der Waals surface area contributed by atoms with Gasteiger partial charge in [-0.3, -0.25) is 4.68 Å². The number of hydrogen-bond donors (Lipinski definition) is 1. The van der Waals surface area contributed by atoms with Crippen LogP contribution >= 0.6 is 0 Å². The maximum Gasteiger partial charge on any atom is 0.0551 e. The first-order chi connectivity index (χ1) is 5.83. The predicted molar refractivity (Wildman–Crippen MR) is 47.7 cm³/mol. The van der Waals surface area contributed by atoms with Gasteiger partial charge < -0.3 is 5.73 Å². The highest BCUT2D eigenvalue weighted by Crippen LogP contribution is 2.37. The van der Waals surface area contributed by atoms with Crippen LogP contribution in [0.3, 0.4) is 0 Å². The Labute approximate surface area is 72.6 Å². The number of aryl methyl sites for hydroxylation is 1. The van der Waals surface area contributed by atoms with Crippen molar-refractivity contribution in [2.45, 2.75) is 31.7 Å². The maximum atomic E-state index is 5.65. The molecule has 0 bridgehead atoms. The Kier molecular flexibility index (Phi) is 1.89. The molecule has 0 saturated heterocycles. The second kappa shape index (κ2) is 2.90. The summed E-state index contributed by atoms with van der Waals surface area (Å²) in [7, 11) is 1.96. The quantitative estimate of drug-likeness (QED) is 0.714. The summed E-state index contributed by atoms with van der Waals surface area (Å²) < 4.78 is 1.90. The van der Waals surface area contributed by atoms with Crippen LogP contribution in [0.5, 0.6) is 0 Å². The highest BCUT2D eigenvalue weighted by atomic mass is 15.3. The van der Waals surface area contributed by atoms with Gasteiger partial charge in [0.15, 0.2) is 0 Å². The molecule has 2 rings (SSSR count). The van der Waals surface area contributed by atoms with Crippen LogP contribution < -0.4 is 5.73 Å². The van der Waals surface area contributed by atoms with Crippen molar-refractivity contribution in [3.8, 4) is 0 Å². The van der Waals surface area contributed by atoms with Gasteiger partial charge >= 0.3 is 0 Å². The van der Waals surface area contributed by atoms with Crippen molar-refractivity contribution in [2.75, 3.05) is 0 Å². The molecular formula is C9H15N3. The van der Waals surface area contributed by atoms with E-state index in [0.717, 1.165) is 5.92 Å². The summed E-state index contributed by atoms with van der Waals surface area (Å²) in [6.07, 6.45) is 5.98. The normalized spacial score (nSPS) is 17.8. The summed E-state index contributed by atoms with van der Waals surface area (Å²) in [4.78, 5) is 0. The van der Waals surface area contributed by atoms with Gasteiger partial charge in [-0.1, -0.05) is 6.42 Å². The van der Waals surface area contributed by atoms with Crippen LogP contribution in [0, 0.1) is 0 Å². The fourth-order valence-electron chi connectivity index (χ4n) is 1.79. The Balaban J connectivity index is 2.29. The molecule has 0 aliphatic heterocycles. The summed E-state index contributed by atoms with van der Waals surface area (Å²) in [5, 5.41) is 4.23. The molecule has 12 heavy (non-hydrogen) atoms. The van der Waals surface area contributed by atoms with E-state index < -0.39 is 0 Å². The van der Waals surface area contributed by atoms with Crippen LogP contribution in [0.4, 0.5) is 0 Å². The number of nitrogens with zero attached hydrogens (tertiary/aromatic N) is 2. The third-order valence-electron chi connectivity index (χ3n) is 2.83. The lowest BCUT2D eigenvalue weighted by molar-refractivity contribution is 0.416. The molecule has 1 aromatic rings. The van der Waals surface area contributed by atoms with Crippen LogP contribution in [0.15, 0.2) is 6.20 Å². The zero-order valence-corrected chi connectivity index (χ0v) is 7.45. The average molecular weight is 165 g/mol. The van der Waals surface area contributed by atoms with Crippen LogP contribution in [-0.4, -0.2) is 9.78 Å². The monoisotopic (exact) mass is 165 g/mol. The maximum absolute atomic E-state index is 5.65. The molecule has 0 amide bonds. The van der Waals surface area contributed by atoms with E-state index in [9.17, 15) is 0 Å². The van der Waals surface area contributed by atoms with E-state index in [1.807, 2.05) is 17.9 Å². The van der Waals surface area contributed by atoms with Gasteiger partial charge in [0, 0.05) is 13.6 Å². The number of aromatic nitrogens is 2. The Hall–Kier alpha value is -0.830. The minimum atomic E-state index is 0.613. The van der Waals surface area contributed by atoms with E-state index >= 15 is 0 Å². The number of rotatable bonds is 2. The molecule has 0 aromatic carbocycles. The Morgan fingerprint density at radius 2 is 2.42 bits per heavy atom. The van der Waals surface area contributed by atoms with Crippen molar-refractivity contribution < 1.29 is 0 Å². The average Bonchev–Trinajstić information content (AvgIpc) is 2.29. The van der Waals surface area contributed by atoms with Crippen molar-refractivity contribution >= 4 is 0 Å². The fraction of sp³-hybridized carbons (Fsp3) is 0.667. The van der Waals surface area contributed by atoms with E-state index in [-0.39, 0.29) is 0 Å². The zero-order chi connectivity index (χ0) is 8.55. The first kappa shape index (κ1) is 7.80. The Morgan fingerprint density at radius 3 is 2.92 bits per heavy atom. The smallest absolute Gasteiger partial charge is 0.0551 e. The summed E-state index contributed by atoms with van der Waals surface area (Å²) in [5.74, 6) is 0.747. The molecule has 1 fully saturated rings. The summed E-state index contributed by atoms with van der Waals surface area (Å²) >= 11 is 0. The van der Waals surface area contributed by atoms with Gasteiger partial charge in [-0.2, -0.15) is 5.10 Å². The molecule has 1 saturated carbocycles. The molecule has 0 spiro atoms. The first-order valence-electron chi connectivity index (χ1n) is 4.53. The molecule has 3 heteroatoms. The molecule has 0 radical (unpaired) electrons. The van der Waals surface area contributed by atoms with Gasteiger partial charge in [0.2, 0.25) is 0 Å². The molecule has 1 aliphatic rings. The van der Waals surface area contributed by atoms with Crippen LogP contribution in [0.1, 0.15) is 36.4 Å². The lowest BCUT2D eigenvalue weighted by atomic mass is 9.80. The Morgan fingerprint density at radius 1 is 1.67 bits per heavy atom. The summed E-state index contributed by atoms with van der Waals surface area (Å²) in [5.41, 5.74) is 8.24. The van der Waals surface area contributed by atoms with E-state index in [4.69, 9.17) is 5.73 Å². The molecule has 1 heterocycles. The van der Waals surface area contributed by atoms with Crippen LogP contribution in [0.2, 0.25) is 0 Å². The van der Waals surface area contributed by atoms with Crippen LogP contribution in [0.25, 0.3) is 0 Å². The topological polar surface area (TPSA) is 43.8 Å². The van der Waals surface area contributed by atoms with Gasteiger partial charge in [-0.15, -0.1) is 0 Å². The molecular weight excluding hydrogens is 150 g/mol. The standard InChI is InChI=1S/C9H15N3/c1-12-9(5-10)8(6-11-12)7-3-2-4-7/h6-7H,2-5,10H2,1H3. The van der Waals surface area contributed by atoms with E-state index in [1.165, 1.54) is 30.5 Å². The van der Waals surface area contributed by atoms with Crippen LogP contribution in [-0.2, 0) is 13.6 Å².